The van der Waals surface area contributed by atoms with Gasteiger partial charge in [0.05, 0.1) is 17.1 Å². The number of benzene rings is 1. The highest BCUT2D eigenvalue weighted by Gasteiger charge is 2.12. The minimum Gasteiger partial charge on any atom is -0.347 e. The fourth-order valence-corrected chi connectivity index (χ4v) is 3.31. The molecule has 0 spiro atoms. The number of rotatable bonds is 10. The molecule has 2 amide bonds. The van der Waals surface area contributed by atoms with Crippen LogP contribution in [0, 0.1) is 0 Å². The Morgan fingerprint density at radius 1 is 1.11 bits per heavy atom. The van der Waals surface area contributed by atoms with Crippen LogP contribution in [0.1, 0.15) is 47.3 Å². The summed E-state index contributed by atoms with van der Waals surface area (Å²) in [6, 6.07) is 8.82. The van der Waals surface area contributed by atoms with Crippen LogP contribution < -0.4 is 16.4 Å². The number of amides is 2. The minimum absolute atomic E-state index is 0. The van der Waals surface area contributed by atoms with Crippen molar-refractivity contribution < 1.29 is 9.59 Å². The predicted octanol–water partition coefficient (Wildman–Crippen LogP) is 4.60. The number of nitrogens with one attached hydrogen (secondary N) is 2. The van der Waals surface area contributed by atoms with Crippen molar-refractivity contribution in [2.45, 2.75) is 38.6 Å². The van der Waals surface area contributed by atoms with Crippen molar-refractivity contribution in [2.24, 2.45) is 5.73 Å². The van der Waals surface area contributed by atoms with Gasteiger partial charge >= 0.3 is 0 Å². The van der Waals surface area contributed by atoms with Crippen molar-refractivity contribution in [3.05, 3.63) is 51.2 Å². The van der Waals surface area contributed by atoms with Crippen LogP contribution in [-0.4, -0.2) is 18.4 Å². The predicted molar refractivity (Wildman–Crippen MR) is 115 cm³/mol. The van der Waals surface area contributed by atoms with Gasteiger partial charge in [-0.15, -0.1) is 23.7 Å². The minimum atomic E-state index is -0.263. The number of unbranched alkanes of at least 4 members (excludes halogenated alkanes) is 3. The lowest BCUT2D eigenvalue weighted by molar-refractivity contribution is -0.116. The van der Waals surface area contributed by atoms with Crippen LogP contribution in [0.4, 0.5) is 5.69 Å². The molecule has 0 atom stereocenters. The third kappa shape index (κ3) is 8.30. The summed E-state index contributed by atoms with van der Waals surface area (Å²) in [5.41, 5.74) is 6.37. The number of carbonyl (C=O) groups is 2. The summed E-state index contributed by atoms with van der Waals surface area (Å²) in [4.78, 5) is 25.4. The van der Waals surface area contributed by atoms with Gasteiger partial charge in [-0.3, -0.25) is 9.59 Å². The summed E-state index contributed by atoms with van der Waals surface area (Å²) in [6.45, 7) is 1.14. The highest BCUT2D eigenvalue weighted by atomic mass is 35.5. The van der Waals surface area contributed by atoms with Crippen molar-refractivity contribution in [1.82, 2.24) is 5.32 Å². The molecule has 0 aliphatic carbocycles. The summed E-state index contributed by atoms with van der Waals surface area (Å²) in [5, 5.41) is 7.98. The zero-order valence-electron chi connectivity index (χ0n) is 15.0. The number of nitrogens with two attached hydrogens (primary N) is 1. The summed E-state index contributed by atoms with van der Waals surface area (Å²) < 4.78 is 0. The maximum atomic E-state index is 12.4. The topological polar surface area (TPSA) is 84.2 Å². The molecule has 1 aromatic heterocycles. The summed E-state index contributed by atoms with van der Waals surface area (Å²) in [7, 11) is 0. The molecule has 5 nitrogen and oxygen atoms in total. The number of anilines is 1. The van der Waals surface area contributed by atoms with E-state index in [0.29, 0.717) is 35.8 Å². The van der Waals surface area contributed by atoms with Crippen LogP contribution in [-0.2, 0) is 11.3 Å². The van der Waals surface area contributed by atoms with Crippen LogP contribution in [0.3, 0.4) is 0 Å². The Hall–Kier alpha value is -1.60. The first-order chi connectivity index (χ1) is 12.6. The molecule has 2 aromatic rings. The molecular weight excluding hydrogens is 405 g/mol. The number of hydrogen-bond acceptors (Lipinski definition) is 4. The van der Waals surface area contributed by atoms with Gasteiger partial charge in [-0.25, -0.2) is 0 Å². The lowest BCUT2D eigenvalue weighted by Gasteiger charge is -2.10. The number of thiophene rings is 1. The van der Waals surface area contributed by atoms with Crippen molar-refractivity contribution in [3.63, 3.8) is 0 Å². The van der Waals surface area contributed by atoms with E-state index in [2.05, 4.69) is 10.6 Å². The molecule has 1 heterocycles. The standard InChI is InChI=1S/C19H24ClN3O2S.ClH/c20-17-9-8-14(23-18(24)7-3-1-2-4-10-21)12-16(17)19(25)22-13-15-6-5-11-26-15;/h5-6,8-9,11-12H,1-4,7,10,13,21H2,(H,22,25)(H,23,24);1H. The van der Waals surface area contributed by atoms with Gasteiger partial charge in [0.1, 0.15) is 0 Å². The third-order valence-corrected chi connectivity index (χ3v) is 5.06. The number of hydrogen-bond donors (Lipinski definition) is 3. The second-order valence-corrected chi connectivity index (χ2v) is 7.40. The van der Waals surface area contributed by atoms with Crippen molar-refractivity contribution in [3.8, 4) is 0 Å². The van der Waals surface area contributed by atoms with Gasteiger partial charge in [0, 0.05) is 17.0 Å². The molecule has 0 bridgehead atoms. The maximum absolute atomic E-state index is 12.4. The van der Waals surface area contributed by atoms with Gasteiger partial charge in [-0.05, 0) is 49.0 Å². The Morgan fingerprint density at radius 3 is 2.59 bits per heavy atom. The van der Waals surface area contributed by atoms with E-state index in [1.807, 2.05) is 17.5 Å². The lowest BCUT2D eigenvalue weighted by atomic mass is 10.1. The Bertz CT molecular complexity index is 724. The Morgan fingerprint density at radius 2 is 1.89 bits per heavy atom. The second-order valence-electron chi connectivity index (χ2n) is 5.96. The maximum Gasteiger partial charge on any atom is 0.253 e. The fraction of sp³-hybridized carbons (Fsp3) is 0.368. The fourth-order valence-electron chi connectivity index (χ4n) is 2.46. The molecule has 2 rings (SSSR count). The zero-order valence-corrected chi connectivity index (χ0v) is 17.4. The Balaban J connectivity index is 0.00000364. The molecular formula is C19H25Cl2N3O2S. The van der Waals surface area contributed by atoms with Gasteiger partial charge in [-0.1, -0.05) is 30.5 Å². The molecule has 148 valence electrons. The lowest BCUT2D eigenvalue weighted by Crippen LogP contribution is -2.23. The van der Waals surface area contributed by atoms with Crippen LogP contribution in [0.5, 0.6) is 0 Å². The highest BCUT2D eigenvalue weighted by molar-refractivity contribution is 7.09. The Kier molecular flexibility index (Phi) is 11.0. The van der Waals surface area contributed by atoms with E-state index in [4.69, 9.17) is 17.3 Å². The van der Waals surface area contributed by atoms with Gasteiger partial charge in [0.15, 0.2) is 0 Å². The van der Waals surface area contributed by atoms with E-state index in [0.717, 1.165) is 30.6 Å². The van der Waals surface area contributed by atoms with E-state index in [-0.39, 0.29) is 24.2 Å². The first-order valence-corrected chi connectivity index (χ1v) is 9.96. The van der Waals surface area contributed by atoms with Crippen molar-refractivity contribution in [2.75, 3.05) is 11.9 Å². The zero-order chi connectivity index (χ0) is 18.8. The van der Waals surface area contributed by atoms with Gasteiger partial charge in [-0.2, -0.15) is 0 Å². The van der Waals surface area contributed by atoms with E-state index >= 15 is 0 Å². The van der Waals surface area contributed by atoms with Crippen molar-refractivity contribution >= 4 is 52.8 Å². The van der Waals surface area contributed by atoms with E-state index in [9.17, 15) is 9.59 Å². The van der Waals surface area contributed by atoms with Crippen LogP contribution in [0.25, 0.3) is 0 Å². The molecule has 4 N–H and O–H groups in total. The molecule has 0 radical (unpaired) electrons. The monoisotopic (exact) mass is 429 g/mol. The smallest absolute Gasteiger partial charge is 0.253 e. The molecule has 0 unspecified atom stereocenters. The quantitative estimate of drug-likeness (QED) is 0.482. The van der Waals surface area contributed by atoms with Crippen LogP contribution in [0.15, 0.2) is 35.7 Å². The van der Waals surface area contributed by atoms with Crippen LogP contribution in [0.2, 0.25) is 5.02 Å². The van der Waals surface area contributed by atoms with E-state index < -0.39 is 0 Å². The molecule has 0 aliphatic rings. The molecule has 1 aromatic carbocycles. The van der Waals surface area contributed by atoms with Crippen LogP contribution >= 0.6 is 35.3 Å². The second kappa shape index (κ2) is 12.7. The number of carbonyl (C=O) groups excluding carboxylic acids is 2. The van der Waals surface area contributed by atoms with Gasteiger partial charge in [0.2, 0.25) is 5.91 Å². The highest BCUT2D eigenvalue weighted by Crippen LogP contribution is 2.21. The van der Waals surface area contributed by atoms with E-state index in [1.54, 1.807) is 29.5 Å². The van der Waals surface area contributed by atoms with Gasteiger partial charge < -0.3 is 16.4 Å². The average molecular weight is 430 g/mol. The molecule has 0 aliphatic heterocycles. The first kappa shape index (κ1) is 23.4. The Labute approximate surface area is 175 Å². The molecule has 0 saturated carbocycles. The summed E-state index contributed by atoms with van der Waals surface area (Å²) in [6.07, 6.45) is 4.30. The SMILES string of the molecule is Cl.NCCCCCCC(=O)Nc1ccc(Cl)c(C(=O)NCc2cccs2)c1. The summed E-state index contributed by atoms with van der Waals surface area (Å²) >= 11 is 7.72. The third-order valence-electron chi connectivity index (χ3n) is 3.86. The van der Waals surface area contributed by atoms with E-state index in [1.165, 1.54) is 0 Å². The van der Waals surface area contributed by atoms with Gasteiger partial charge in [0.25, 0.3) is 5.91 Å². The molecule has 0 saturated heterocycles. The number of halogens is 2. The first-order valence-electron chi connectivity index (χ1n) is 8.70. The normalized spacial score (nSPS) is 10.1. The summed E-state index contributed by atoms with van der Waals surface area (Å²) in [5.74, 6) is -0.328. The molecule has 0 fully saturated rings. The molecule has 27 heavy (non-hydrogen) atoms. The average Bonchev–Trinajstić information content (AvgIpc) is 3.14. The largest absolute Gasteiger partial charge is 0.347 e. The molecule has 8 heteroatoms. The van der Waals surface area contributed by atoms with Crippen molar-refractivity contribution in [1.29, 1.82) is 0 Å².